The molecule has 0 aliphatic carbocycles. The van der Waals surface area contributed by atoms with E-state index in [1.807, 2.05) is 0 Å². The van der Waals surface area contributed by atoms with Crippen LogP contribution in [0.25, 0.3) is 0 Å². The van der Waals surface area contributed by atoms with E-state index < -0.39 is 6.10 Å². The molecule has 0 aromatic heterocycles. The molecule has 0 aromatic rings. The summed E-state index contributed by atoms with van der Waals surface area (Å²) in [4.78, 5) is 24.6. The van der Waals surface area contributed by atoms with E-state index in [2.05, 4.69) is 74.6 Å². The number of aliphatic hydroxyl groups is 1. The van der Waals surface area contributed by atoms with E-state index in [0.717, 1.165) is 57.8 Å². The third-order valence-corrected chi connectivity index (χ3v) is 14.8. The van der Waals surface area contributed by atoms with Gasteiger partial charge in [-0.1, -0.05) is 312 Å². The van der Waals surface area contributed by atoms with Gasteiger partial charge in [0.05, 0.1) is 6.61 Å². The van der Waals surface area contributed by atoms with E-state index in [-0.39, 0.29) is 25.2 Å². The maximum Gasteiger partial charge on any atom is 0.306 e. The second-order valence-corrected chi connectivity index (χ2v) is 22.2. The molecule has 0 saturated heterocycles. The van der Waals surface area contributed by atoms with Crippen molar-refractivity contribution in [3.8, 4) is 0 Å². The van der Waals surface area contributed by atoms with E-state index in [1.54, 1.807) is 0 Å². The molecular formula is C69H126O5. The minimum atomic E-state index is -0.773. The van der Waals surface area contributed by atoms with Gasteiger partial charge in [0, 0.05) is 12.8 Å². The highest BCUT2D eigenvalue weighted by atomic mass is 16.6. The highest BCUT2D eigenvalue weighted by molar-refractivity contribution is 5.70. The summed E-state index contributed by atoms with van der Waals surface area (Å²) in [5.41, 5.74) is 0. The summed E-state index contributed by atoms with van der Waals surface area (Å²) >= 11 is 0. The van der Waals surface area contributed by atoms with Crippen molar-refractivity contribution in [1.82, 2.24) is 0 Å². The summed E-state index contributed by atoms with van der Waals surface area (Å²) in [6, 6.07) is 0. The molecule has 0 heterocycles. The van der Waals surface area contributed by atoms with Gasteiger partial charge >= 0.3 is 11.9 Å². The molecule has 0 spiro atoms. The number of carbonyl (C=O) groups excluding carboxylic acids is 2. The predicted molar refractivity (Wildman–Crippen MR) is 325 cm³/mol. The van der Waals surface area contributed by atoms with Gasteiger partial charge in [0.15, 0.2) is 6.10 Å². The van der Waals surface area contributed by atoms with Gasteiger partial charge in [0.25, 0.3) is 0 Å². The molecule has 5 nitrogen and oxygen atoms in total. The van der Waals surface area contributed by atoms with Gasteiger partial charge in [-0.15, -0.1) is 0 Å². The lowest BCUT2D eigenvalue weighted by Gasteiger charge is -2.15. The first-order valence-electron chi connectivity index (χ1n) is 32.8. The van der Waals surface area contributed by atoms with Crippen molar-refractivity contribution in [3.05, 3.63) is 60.8 Å². The summed E-state index contributed by atoms with van der Waals surface area (Å²) in [6.07, 6.45) is 88.2. The van der Waals surface area contributed by atoms with Gasteiger partial charge in [-0.05, 0) is 83.5 Å². The van der Waals surface area contributed by atoms with Crippen LogP contribution in [0, 0.1) is 0 Å². The van der Waals surface area contributed by atoms with E-state index >= 15 is 0 Å². The summed E-state index contributed by atoms with van der Waals surface area (Å²) in [6.45, 7) is 4.14. The molecule has 74 heavy (non-hydrogen) atoms. The fraction of sp³-hybridized carbons (Fsp3) is 0.826. The van der Waals surface area contributed by atoms with Gasteiger partial charge in [-0.3, -0.25) is 9.59 Å². The zero-order valence-corrected chi connectivity index (χ0v) is 49.6. The molecule has 432 valence electrons. The van der Waals surface area contributed by atoms with Crippen LogP contribution in [0.5, 0.6) is 0 Å². The number of rotatable bonds is 61. The van der Waals surface area contributed by atoms with Crippen LogP contribution in [0.15, 0.2) is 60.8 Å². The van der Waals surface area contributed by atoms with E-state index in [1.165, 1.54) is 263 Å². The van der Waals surface area contributed by atoms with Crippen molar-refractivity contribution in [2.45, 2.75) is 354 Å². The SMILES string of the molecule is CCCCC/C=C\C/C=C\CCCCCCCCCCCC(=O)OCC(CO)OC(=O)CCCCCCCCCCCCCCCCCCCCCCCCCCCC/C=C\C/C=C\C/C=C\CCCCCCC. The summed E-state index contributed by atoms with van der Waals surface area (Å²) in [7, 11) is 0. The number of unbranched alkanes of at least 4 members (excludes halogenated alkanes) is 43. The fourth-order valence-corrected chi connectivity index (χ4v) is 9.83. The Balaban J connectivity index is 3.39. The Morgan fingerprint density at radius 3 is 0.838 bits per heavy atom. The van der Waals surface area contributed by atoms with Crippen molar-refractivity contribution < 1.29 is 24.2 Å². The van der Waals surface area contributed by atoms with E-state index in [0.29, 0.717) is 12.8 Å². The highest BCUT2D eigenvalue weighted by Crippen LogP contribution is 2.18. The highest BCUT2D eigenvalue weighted by Gasteiger charge is 2.16. The maximum absolute atomic E-state index is 12.3. The van der Waals surface area contributed by atoms with Crippen LogP contribution in [0.1, 0.15) is 348 Å². The zero-order chi connectivity index (χ0) is 53.4. The molecule has 1 unspecified atom stereocenters. The fourth-order valence-electron chi connectivity index (χ4n) is 9.83. The largest absolute Gasteiger partial charge is 0.462 e. The van der Waals surface area contributed by atoms with Crippen molar-refractivity contribution in [2.75, 3.05) is 13.2 Å². The minimum Gasteiger partial charge on any atom is -0.462 e. The topological polar surface area (TPSA) is 72.8 Å². The molecule has 1 atom stereocenters. The van der Waals surface area contributed by atoms with Crippen LogP contribution in [0.4, 0.5) is 0 Å². The zero-order valence-electron chi connectivity index (χ0n) is 49.6. The molecule has 5 heteroatoms. The van der Waals surface area contributed by atoms with Crippen LogP contribution in [0.2, 0.25) is 0 Å². The molecule has 0 aliphatic rings. The van der Waals surface area contributed by atoms with Gasteiger partial charge in [-0.2, -0.15) is 0 Å². The van der Waals surface area contributed by atoms with Crippen molar-refractivity contribution in [1.29, 1.82) is 0 Å². The Kier molecular flexibility index (Phi) is 62.8. The third kappa shape index (κ3) is 62.1. The molecule has 0 rings (SSSR count). The molecule has 1 N–H and O–H groups in total. The van der Waals surface area contributed by atoms with E-state index in [4.69, 9.17) is 9.47 Å². The Labute approximate surface area is 461 Å². The Hall–Kier alpha value is -2.40. The predicted octanol–water partition coefficient (Wildman–Crippen LogP) is 22.5. The quantitative estimate of drug-likeness (QED) is 0.0373. The number of aliphatic hydroxyl groups excluding tert-OH is 1. The van der Waals surface area contributed by atoms with Gasteiger partial charge in [0.2, 0.25) is 0 Å². The molecule has 0 fully saturated rings. The smallest absolute Gasteiger partial charge is 0.306 e. The van der Waals surface area contributed by atoms with Crippen molar-refractivity contribution in [2.24, 2.45) is 0 Å². The average molecular weight is 1040 g/mol. The number of hydrogen-bond donors (Lipinski definition) is 1. The Bertz CT molecular complexity index is 1260. The van der Waals surface area contributed by atoms with Crippen LogP contribution in [-0.2, 0) is 19.1 Å². The standard InChI is InChI=1S/C69H126O5/c1-3-5-7-9-11-13-15-17-19-21-23-24-25-26-27-28-29-30-31-32-33-34-35-36-37-38-39-40-41-42-43-44-46-48-50-52-54-56-58-60-62-64-69(72)74-67(65-70)66-73-68(71)63-61-59-57-55-53-51-49-47-45-22-20-18-16-14-12-10-8-6-4-2/h12,14-15,17-18,20-21,23,25-26,67,70H,3-11,13,16,19,22,24,27-66H2,1-2H3/b14-12-,17-15-,20-18-,23-21-,26-25-. The summed E-state index contributed by atoms with van der Waals surface area (Å²) in [5, 5.41) is 9.67. The lowest BCUT2D eigenvalue weighted by atomic mass is 10.0. The summed E-state index contributed by atoms with van der Waals surface area (Å²) < 4.78 is 10.7. The van der Waals surface area contributed by atoms with Crippen molar-refractivity contribution in [3.63, 3.8) is 0 Å². The number of hydrogen-bond acceptors (Lipinski definition) is 5. The van der Waals surface area contributed by atoms with Crippen LogP contribution < -0.4 is 0 Å². The number of carbonyl (C=O) groups is 2. The second kappa shape index (κ2) is 64.9. The van der Waals surface area contributed by atoms with Crippen LogP contribution in [-0.4, -0.2) is 36.4 Å². The maximum atomic E-state index is 12.3. The first kappa shape index (κ1) is 71.6. The third-order valence-electron chi connectivity index (χ3n) is 14.8. The molecular weight excluding hydrogens is 909 g/mol. The van der Waals surface area contributed by atoms with Gasteiger partial charge < -0.3 is 14.6 Å². The Morgan fingerprint density at radius 2 is 0.541 bits per heavy atom. The number of allylic oxidation sites excluding steroid dienone is 10. The van der Waals surface area contributed by atoms with Crippen LogP contribution in [0.3, 0.4) is 0 Å². The summed E-state index contributed by atoms with van der Waals surface area (Å²) in [5.74, 6) is -0.580. The molecule has 0 aromatic carbocycles. The van der Waals surface area contributed by atoms with Crippen molar-refractivity contribution >= 4 is 11.9 Å². The molecule has 0 bridgehead atoms. The molecule has 0 aliphatic heterocycles. The Morgan fingerprint density at radius 1 is 0.311 bits per heavy atom. The van der Waals surface area contributed by atoms with Gasteiger partial charge in [-0.25, -0.2) is 0 Å². The molecule has 0 saturated carbocycles. The number of ether oxygens (including phenoxy) is 2. The first-order valence-corrected chi connectivity index (χ1v) is 32.8. The molecule has 0 amide bonds. The van der Waals surface area contributed by atoms with Crippen LogP contribution >= 0.6 is 0 Å². The average Bonchev–Trinajstić information content (AvgIpc) is 3.40. The number of esters is 2. The lowest BCUT2D eigenvalue weighted by Crippen LogP contribution is -2.28. The normalized spacial score (nSPS) is 12.5. The second-order valence-electron chi connectivity index (χ2n) is 22.2. The first-order chi connectivity index (χ1) is 36.6. The van der Waals surface area contributed by atoms with E-state index in [9.17, 15) is 14.7 Å². The van der Waals surface area contributed by atoms with Gasteiger partial charge in [0.1, 0.15) is 6.61 Å². The molecule has 0 radical (unpaired) electrons. The monoisotopic (exact) mass is 1030 g/mol. The lowest BCUT2D eigenvalue weighted by molar-refractivity contribution is -0.161. The minimum absolute atomic E-state index is 0.0650.